The van der Waals surface area contributed by atoms with Gasteiger partial charge in [0.15, 0.2) is 0 Å². The first-order chi connectivity index (χ1) is 2.50. The molecular formula is C5H9Br. The predicted molar refractivity (Wildman–Crippen MR) is 33.3 cm³/mol. The first-order valence-electron chi connectivity index (χ1n) is 2.15. The van der Waals surface area contributed by atoms with Crippen molar-refractivity contribution in [1.29, 1.82) is 0 Å². The molecule has 36 valence electrons. The lowest BCUT2D eigenvalue weighted by molar-refractivity contribution is 0.929. The van der Waals surface area contributed by atoms with Gasteiger partial charge in [-0.3, -0.25) is 0 Å². The van der Waals surface area contributed by atoms with E-state index in [2.05, 4.69) is 12.2 Å². The molecular weight excluding hydrogens is 140 g/mol. The minimum absolute atomic E-state index is 0. The monoisotopic (exact) mass is 148 g/mol. The fourth-order valence-electron chi connectivity index (χ4n) is 0.589. The van der Waals surface area contributed by atoms with E-state index in [-0.39, 0.29) is 17.0 Å². The highest BCUT2D eigenvalue weighted by atomic mass is 79.9. The molecule has 1 rings (SSSR count). The summed E-state index contributed by atoms with van der Waals surface area (Å²) in [7, 11) is 0. The van der Waals surface area contributed by atoms with Crippen molar-refractivity contribution < 1.29 is 0 Å². The van der Waals surface area contributed by atoms with E-state index in [9.17, 15) is 0 Å². The third-order valence-corrected chi connectivity index (χ3v) is 0.908. The zero-order valence-electron chi connectivity index (χ0n) is 3.68. The quantitative estimate of drug-likeness (QED) is 0.463. The second-order valence-corrected chi connectivity index (χ2v) is 1.40. The maximum atomic E-state index is 2.24. The molecule has 0 aromatic heterocycles. The third-order valence-electron chi connectivity index (χ3n) is 0.908. The molecule has 0 aromatic carbocycles. The Kier molecular flexibility index (Phi) is 3.54. The Morgan fingerprint density at radius 3 is 1.67 bits per heavy atom. The lowest BCUT2D eigenvalue weighted by Crippen LogP contribution is -1.50. The van der Waals surface area contributed by atoms with Crippen LogP contribution in [0, 0.1) is 0 Å². The van der Waals surface area contributed by atoms with E-state index in [0.717, 1.165) is 0 Å². The molecule has 0 saturated carbocycles. The molecule has 6 heavy (non-hydrogen) atoms. The summed E-state index contributed by atoms with van der Waals surface area (Å²) < 4.78 is 0. The molecule has 0 fully saturated rings. The van der Waals surface area contributed by atoms with Crippen molar-refractivity contribution in [3.8, 4) is 0 Å². The van der Waals surface area contributed by atoms with Crippen LogP contribution in [0.2, 0.25) is 0 Å². The van der Waals surface area contributed by atoms with Crippen LogP contribution in [0.3, 0.4) is 0 Å². The van der Waals surface area contributed by atoms with Gasteiger partial charge in [0.2, 0.25) is 0 Å². The second-order valence-electron chi connectivity index (χ2n) is 1.40. The van der Waals surface area contributed by atoms with Gasteiger partial charge in [-0.25, -0.2) is 0 Å². The summed E-state index contributed by atoms with van der Waals surface area (Å²) in [5, 5.41) is 0. The molecule has 1 heteroatoms. The van der Waals surface area contributed by atoms with Crippen LogP contribution in [0.5, 0.6) is 0 Å². The molecule has 0 atom stereocenters. The lowest BCUT2D eigenvalue weighted by Gasteiger charge is -1.69. The number of rotatable bonds is 0. The first-order valence-corrected chi connectivity index (χ1v) is 2.15. The van der Waals surface area contributed by atoms with Crippen molar-refractivity contribution in [2.45, 2.75) is 19.3 Å². The van der Waals surface area contributed by atoms with E-state index >= 15 is 0 Å². The largest absolute Gasteiger partial charge is 0.114 e. The molecule has 0 aliphatic heterocycles. The van der Waals surface area contributed by atoms with Crippen molar-refractivity contribution in [2.24, 2.45) is 0 Å². The Bertz CT molecular complexity index is 41.9. The van der Waals surface area contributed by atoms with Crippen molar-refractivity contribution in [2.75, 3.05) is 0 Å². The topological polar surface area (TPSA) is 0 Å². The van der Waals surface area contributed by atoms with Gasteiger partial charge in [-0.05, 0) is 19.3 Å². The van der Waals surface area contributed by atoms with E-state index in [0.29, 0.717) is 0 Å². The molecule has 0 radical (unpaired) electrons. The standard InChI is InChI=1S/C5H8.BrH/c1-2-4-5-3-1;/h1-2H,3-5H2;1H. The summed E-state index contributed by atoms with van der Waals surface area (Å²) in [5.74, 6) is 0. The number of allylic oxidation sites excluding steroid dienone is 2. The average molecular weight is 149 g/mol. The molecule has 0 bridgehead atoms. The van der Waals surface area contributed by atoms with E-state index < -0.39 is 0 Å². The Balaban J connectivity index is 0.000000250. The number of halogens is 1. The Labute approximate surface area is 49.0 Å². The molecule has 1 aliphatic carbocycles. The highest BCUT2D eigenvalue weighted by Crippen LogP contribution is 2.05. The zero-order valence-corrected chi connectivity index (χ0v) is 5.40. The fraction of sp³-hybridized carbons (Fsp3) is 0.600. The second kappa shape index (κ2) is 3.41. The molecule has 0 aromatic rings. The maximum Gasteiger partial charge on any atom is -0.0348 e. The van der Waals surface area contributed by atoms with Crippen molar-refractivity contribution in [3.05, 3.63) is 12.2 Å². The molecule has 0 saturated heterocycles. The highest BCUT2D eigenvalue weighted by molar-refractivity contribution is 8.93. The Hall–Kier alpha value is 0.220. The van der Waals surface area contributed by atoms with Gasteiger partial charge in [0, 0.05) is 0 Å². The van der Waals surface area contributed by atoms with Crippen LogP contribution in [0.4, 0.5) is 0 Å². The molecule has 0 heterocycles. The van der Waals surface area contributed by atoms with Crippen LogP contribution in [-0.4, -0.2) is 0 Å². The SMILES string of the molecule is Br.C1=CCCC1. The summed E-state index contributed by atoms with van der Waals surface area (Å²) in [5.41, 5.74) is 0. The molecule has 0 spiro atoms. The maximum absolute atomic E-state index is 2.24. The molecule has 0 unspecified atom stereocenters. The van der Waals surface area contributed by atoms with Gasteiger partial charge in [-0.1, -0.05) is 12.2 Å². The van der Waals surface area contributed by atoms with Crippen molar-refractivity contribution in [1.82, 2.24) is 0 Å². The summed E-state index contributed by atoms with van der Waals surface area (Å²) in [6, 6.07) is 0. The summed E-state index contributed by atoms with van der Waals surface area (Å²) >= 11 is 0. The van der Waals surface area contributed by atoms with E-state index in [4.69, 9.17) is 0 Å². The van der Waals surface area contributed by atoms with Crippen molar-refractivity contribution in [3.63, 3.8) is 0 Å². The molecule has 0 amide bonds. The Morgan fingerprint density at radius 1 is 1.00 bits per heavy atom. The smallest absolute Gasteiger partial charge is 0.0348 e. The minimum atomic E-state index is 0. The van der Waals surface area contributed by atoms with Crippen LogP contribution in [0.15, 0.2) is 12.2 Å². The molecule has 1 aliphatic rings. The van der Waals surface area contributed by atoms with Gasteiger partial charge in [-0.2, -0.15) is 0 Å². The van der Waals surface area contributed by atoms with E-state index in [1.807, 2.05) is 0 Å². The van der Waals surface area contributed by atoms with Crippen molar-refractivity contribution >= 4 is 17.0 Å². The first kappa shape index (κ1) is 6.22. The van der Waals surface area contributed by atoms with Gasteiger partial charge in [0.05, 0.1) is 0 Å². The summed E-state index contributed by atoms with van der Waals surface area (Å²) in [4.78, 5) is 0. The normalized spacial score (nSPS) is 17.3. The van der Waals surface area contributed by atoms with Crippen LogP contribution in [0.1, 0.15) is 19.3 Å². The molecule has 0 nitrogen and oxygen atoms in total. The van der Waals surface area contributed by atoms with Gasteiger partial charge in [-0.15, -0.1) is 17.0 Å². The Morgan fingerprint density at radius 2 is 1.50 bits per heavy atom. The average Bonchev–Trinajstić information content (AvgIpc) is 1.76. The van der Waals surface area contributed by atoms with Gasteiger partial charge in [0.1, 0.15) is 0 Å². The van der Waals surface area contributed by atoms with Crippen LogP contribution in [-0.2, 0) is 0 Å². The number of hydrogen-bond donors (Lipinski definition) is 0. The minimum Gasteiger partial charge on any atom is -0.114 e. The van der Waals surface area contributed by atoms with Crippen LogP contribution in [0.25, 0.3) is 0 Å². The van der Waals surface area contributed by atoms with Crippen LogP contribution < -0.4 is 0 Å². The van der Waals surface area contributed by atoms with Gasteiger partial charge in [0.25, 0.3) is 0 Å². The zero-order chi connectivity index (χ0) is 3.54. The predicted octanol–water partition coefficient (Wildman–Crippen LogP) is 2.30. The van der Waals surface area contributed by atoms with E-state index in [1.165, 1.54) is 19.3 Å². The van der Waals surface area contributed by atoms with Gasteiger partial charge < -0.3 is 0 Å². The highest BCUT2D eigenvalue weighted by Gasteiger charge is 1.84. The third kappa shape index (κ3) is 1.61. The van der Waals surface area contributed by atoms with E-state index in [1.54, 1.807) is 0 Å². The lowest BCUT2D eigenvalue weighted by atomic mass is 10.4. The van der Waals surface area contributed by atoms with Gasteiger partial charge >= 0.3 is 0 Å². The molecule has 0 N–H and O–H groups in total. The summed E-state index contributed by atoms with van der Waals surface area (Å²) in [6.45, 7) is 0. The summed E-state index contributed by atoms with van der Waals surface area (Å²) in [6.07, 6.45) is 8.50. The van der Waals surface area contributed by atoms with Crippen LogP contribution >= 0.6 is 17.0 Å². The fourth-order valence-corrected chi connectivity index (χ4v) is 0.589. The number of hydrogen-bond acceptors (Lipinski definition) is 0.